The van der Waals surface area contributed by atoms with E-state index in [4.69, 9.17) is 4.99 Å². The zero-order valence-corrected chi connectivity index (χ0v) is 14.2. The summed E-state index contributed by atoms with van der Waals surface area (Å²) in [4.78, 5) is 7.28. The molecule has 2 nitrogen and oxygen atoms in total. The number of rotatable bonds is 6. The van der Waals surface area contributed by atoms with Crippen molar-refractivity contribution in [2.24, 2.45) is 4.99 Å². The molecule has 2 heteroatoms. The molecule has 2 heterocycles. The molecule has 120 valence electrons. The number of hydrogen-bond acceptors (Lipinski definition) is 2. The topological polar surface area (TPSA) is 15.6 Å². The summed E-state index contributed by atoms with van der Waals surface area (Å²) in [6.07, 6.45) is 17.0. The van der Waals surface area contributed by atoms with E-state index in [1.54, 1.807) is 0 Å². The van der Waals surface area contributed by atoms with Gasteiger partial charge in [-0.3, -0.25) is 4.99 Å². The molecular formula is C21H26N2. The number of fused-ring (bicyclic) bond motifs is 1. The van der Waals surface area contributed by atoms with Gasteiger partial charge in [-0.1, -0.05) is 62.6 Å². The van der Waals surface area contributed by atoms with Gasteiger partial charge < -0.3 is 4.90 Å². The molecule has 0 N–H and O–H groups in total. The molecule has 3 rings (SSSR count). The molecule has 2 aliphatic rings. The molecule has 0 amide bonds. The number of unbranched alkanes of at least 4 members (excludes halogenated alkanes) is 3. The van der Waals surface area contributed by atoms with Crippen molar-refractivity contribution in [1.29, 1.82) is 0 Å². The van der Waals surface area contributed by atoms with Crippen molar-refractivity contribution in [1.82, 2.24) is 4.90 Å². The van der Waals surface area contributed by atoms with Crippen LogP contribution in [0.25, 0.3) is 0 Å². The van der Waals surface area contributed by atoms with Crippen LogP contribution in [0.5, 0.6) is 0 Å². The lowest BCUT2D eigenvalue weighted by molar-refractivity contribution is 0.514. The molecule has 23 heavy (non-hydrogen) atoms. The van der Waals surface area contributed by atoms with Crippen molar-refractivity contribution in [3.63, 3.8) is 0 Å². The third-order valence-corrected chi connectivity index (χ3v) is 4.59. The van der Waals surface area contributed by atoms with Gasteiger partial charge in [-0.2, -0.15) is 0 Å². The van der Waals surface area contributed by atoms with E-state index >= 15 is 0 Å². The molecule has 0 fully saturated rings. The lowest BCUT2D eigenvalue weighted by Crippen LogP contribution is -2.35. The van der Waals surface area contributed by atoms with E-state index in [0.717, 1.165) is 12.3 Å². The van der Waals surface area contributed by atoms with Gasteiger partial charge in [0.25, 0.3) is 0 Å². The van der Waals surface area contributed by atoms with Gasteiger partial charge >= 0.3 is 0 Å². The molecule has 1 aromatic rings. The van der Waals surface area contributed by atoms with Crippen molar-refractivity contribution in [2.45, 2.75) is 51.5 Å². The lowest BCUT2D eigenvalue weighted by atomic mass is 9.89. The van der Waals surface area contributed by atoms with E-state index < -0.39 is 0 Å². The summed E-state index contributed by atoms with van der Waals surface area (Å²) in [5, 5.41) is 0. The largest absolute Gasteiger partial charge is 0.306 e. The number of nitrogens with zero attached hydrogens (tertiary/aromatic N) is 2. The Kier molecular flexibility index (Phi) is 4.80. The highest BCUT2D eigenvalue weighted by Crippen LogP contribution is 2.35. The molecule has 0 spiro atoms. The monoisotopic (exact) mass is 306 g/mol. The summed E-state index contributed by atoms with van der Waals surface area (Å²) in [5.74, 6) is 1.05. The standard InChI is InChI=1S/C21H26N2/c1-3-4-5-9-14-19-17-21(2,18-12-7-6-8-13-18)22-20-15-10-11-16-23(19)20/h6-8,10-13,15-17H,3-5,9,14H2,1-2H3. The minimum Gasteiger partial charge on any atom is -0.306 e. The molecule has 0 aromatic heterocycles. The van der Waals surface area contributed by atoms with Gasteiger partial charge in [-0.25, -0.2) is 0 Å². The second-order valence-corrected chi connectivity index (χ2v) is 6.50. The molecule has 1 atom stereocenters. The number of hydrogen-bond donors (Lipinski definition) is 0. The first kappa shape index (κ1) is 15.8. The van der Waals surface area contributed by atoms with Crippen LogP contribution in [0.15, 0.2) is 71.5 Å². The first-order valence-electron chi connectivity index (χ1n) is 8.74. The minimum absolute atomic E-state index is 0.275. The Labute approximate surface area is 139 Å². The van der Waals surface area contributed by atoms with Crippen molar-refractivity contribution in [2.75, 3.05) is 0 Å². The fourth-order valence-electron chi connectivity index (χ4n) is 3.28. The van der Waals surface area contributed by atoms with Crippen LogP contribution in [0.4, 0.5) is 0 Å². The van der Waals surface area contributed by atoms with Gasteiger partial charge in [0.05, 0.1) is 0 Å². The van der Waals surface area contributed by atoms with Crippen LogP contribution in [0.1, 0.15) is 51.5 Å². The Morgan fingerprint density at radius 3 is 2.65 bits per heavy atom. The van der Waals surface area contributed by atoms with Crippen molar-refractivity contribution in [3.05, 3.63) is 72.1 Å². The smallest absolute Gasteiger partial charge is 0.133 e. The normalized spacial score (nSPS) is 22.6. The second kappa shape index (κ2) is 6.99. The van der Waals surface area contributed by atoms with E-state index in [9.17, 15) is 0 Å². The zero-order chi connectivity index (χ0) is 16.1. The van der Waals surface area contributed by atoms with Crippen LogP contribution >= 0.6 is 0 Å². The van der Waals surface area contributed by atoms with Gasteiger partial charge in [-0.15, -0.1) is 0 Å². The average Bonchev–Trinajstić information content (AvgIpc) is 2.59. The van der Waals surface area contributed by atoms with Crippen LogP contribution in [-0.4, -0.2) is 10.7 Å². The van der Waals surface area contributed by atoms with E-state index in [1.807, 2.05) is 0 Å². The summed E-state index contributed by atoms with van der Waals surface area (Å²) in [6.45, 7) is 4.47. The van der Waals surface area contributed by atoms with Gasteiger partial charge in [0, 0.05) is 11.9 Å². The SMILES string of the molecule is CCCCCCC1=CC(C)(c2ccccc2)N=C2C=CC=CN12. The highest BCUT2D eigenvalue weighted by atomic mass is 15.2. The molecule has 0 saturated heterocycles. The van der Waals surface area contributed by atoms with Crippen molar-refractivity contribution < 1.29 is 0 Å². The van der Waals surface area contributed by atoms with Crippen molar-refractivity contribution in [3.8, 4) is 0 Å². The quantitative estimate of drug-likeness (QED) is 0.629. The number of allylic oxidation sites excluding steroid dienone is 3. The molecule has 1 aromatic carbocycles. The van der Waals surface area contributed by atoms with Crippen LogP contribution in [0, 0.1) is 0 Å². The summed E-state index contributed by atoms with van der Waals surface area (Å²) < 4.78 is 0. The van der Waals surface area contributed by atoms with Gasteiger partial charge in [0.1, 0.15) is 11.4 Å². The number of aliphatic imine (C=N–C) groups is 1. The lowest BCUT2D eigenvalue weighted by Gasteiger charge is -2.36. The maximum Gasteiger partial charge on any atom is 0.133 e. The van der Waals surface area contributed by atoms with Gasteiger partial charge in [-0.05, 0) is 43.6 Å². The highest BCUT2D eigenvalue weighted by Gasteiger charge is 2.31. The van der Waals surface area contributed by atoms with Crippen LogP contribution in [0.3, 0.4) is 0 Å². The molecule has 2 aliphatic heterocycles. The third-order valence-electron chi connectivity index (χ3n) is 4.59. The highest BCUT2D eigenvalue weighted by molar-refractivity contribution is 5.97. The fourth-order valence-corrected chi connectivity index (χ4v) is 3.28. The van der Waals surface area contributed by atoms with Gasteiger partial charge in [0.2, 0.25) is 0 Å². The fraction of sp³-hybridized carbons (Fsp3) is 0.381. The Morgan fingerprint density at radius 2 is 1.87 bits per heavy atom. The van der Waals surface area contributed by atoms with E-state index in [0.29, 0.717) is 0 Å². The summed E-state index contributed by atoms with van der Waals surface area (Å²) >= 11 is 0. The molecule has 1 unspecified atom stereocenters. The molecule has 0 aliphatic carbocycles. The molecule has 0 bridgehead atoms. The Balaban J connectivity index is 1.89. The molecular weight excluding hydrogens is 280 g/mol. The minimum atomic E-state index is -0.275. The van der Waals surface area contributed by atoms with Crippen LogP contribution in [0.2, 0.25) is 0 Å². The summed E-state index contributed by atoms with van der Waals surface area (Å²) in [6, 6.07) is 10.6. The van der Waals surface area contributed by atoms with Gasteiger partial charge in [0.15, 0.2) is 0 Å². The van der Waals surface area contributed by atoms with E-state index in [2.05, 4.69) is 79.6 Å². The van der Waals surface area contributed by atoms with Crippen molar-refractivity contribution >= 4 is 5.84 Å². The zero-order valence-electron chi connectivity index (χ0n) is 14.2. The molecule has 0 saturated carbocycles. The first-order valence-corrected chi connectivity index (χ1v) is 8.74. The maximum atomic E-state index is 5.03. The van der Waals surface area contributed by atoms with Crippen LogP contribution < -0.4 is 0 Å². The predicted octanol–water partition coefficient (Wildman–Crippen LogP) is 5.55. The Hall–Kier alpha value is -2.09. The Morgan fingerprint density at radius 1 is 1.04 bits per heavy atom. The maximum absolute atomic E-state index is 5.03. The summed E-state index contributed by atoms with van der Waals surface area (Å²) in [7, 11) is 0. The Bertz CT molecular complexity index is 652. The van der Waals surface area contributed by atoms with E-state index in [-0.39, 0.29) is 5.54 Å². The number of amidine groups is 1. The summed E-state index contributed by atoms with van der Waals surface area (Å²) in [5.41, 5.74) is 2.35. The van der Waals surface area contributed by atoms with Crippen LogP contribution in [-0.2, 0) is 5.54 Å². The third kappa shape index (κ3) is 3.47. The average molecular weight is 306 g/mol. The predicted molar refractivity (Wildman–Crippen MR) is 98.2 cm³/mol. The molecule has 0 radical (unpaired) electrons. The second-order valence-electron chi connectivity index (χ2n) is 6.50. The van der Waals surface area contributed by atoms with E-state index in [1.165, 1.54) is 36.9 Å². The first-order chi connectivity index (χ1) is 11.2. The number of benzene rings is 1.